The number of imidazole rings is 1. The molecule has 0 bridgehead atoms. The molecule has 0 unspecified atom stereocenters. The lowest BCUT2D eigenvalue weighted by Crippen LogP contribution is -2.26. The average molecular weight is 394 g/mol. The van der Waals surface area contributed by atoms with Crippen LogP contribution in [-0.2, 0) is 4.74 Å². The molecule has 150 valence electrons. The molecule has 0 saturated carbocycles. The van der Waals surface area contributed by atoms with E-state index >= 15 is 0 Å². The van der Waals surface area contributed by atoms with Crippen LogP contribution in [-0.4, -0.2) is 42.3 Å². The zero-order valence-corrected chi connectivity index (χ0v) is 16.5. The van der Waals surface area contributed by atoms with Crippen molar-refractivity contribution in [3.05, 3.63) is 66.7 Å². The normalized spacial score (nSPS) is 10.3. The summed E-state index contributed by atoms with van der Waals surface area (Å²) in [6.45, 7) is 2.05. The van der Waals surface area contributed by atoms with Crippen LogP contribution in [0.4, 0.5) is 16.2 Å². The molecule has 0 aliphatic carbocycles. The maximum Gasteiger partial charge on any atom is 0.413 e. The Bertz CT molecular complexity index is 998. The van der Waals surface area contributed by atoms with Gasteiger partial charge in [-0.1, -0.05) is 12.1 Å². The molecule has 8 heteroatoms. The van der Waals surface area contributed by atoms with E-state index in [1.165, 1.54) is 4.90 Å². The number of amides is 2. The predicted octanol–water partition coefficient (Wildman–Crippen LogP) is 3.73. The Labute approximate surface area is 168 Å². The molecule has 3 rings (SSSR count). The highest BCUT2D eigenvalue weighted by Gasteiger charge is 2.14. The van der Waals surface area contributed by atoms with Crippen LogP contribution in [0, 0.1) is 0 Å². The number of carbonyl (C=O) groups is 2. The summed E-state index contributed by atoms with van der Waals surface area (Å²) in [5, 5.41) is 2.79. The van der Waals surface area contributed by atoms with Gasteiger partial charge in [-0.25, -0.2) is 9.78 Å². The van der Waals surface area contributed by atoms with Crippen LogP contribution in [0.15, 0.2) is 61.1 Å². The van der Waals surface area contributed by atoms with Gasteiger partial charge in [-0.3, -0.25) is 9.69 Å². The zero-order valence-electron chi connectivity index (χ0n) is 16.5. The summed E-state index contributed by atoms with van der Waals surface area (Å²) in [5.41, 5.74) is 2.29. The fraction of sp³-hybridized carbons (Fsp3) is 0.190. The molecule has 8 nitrogen and oxygen atoms in total. The Morgan fingerprint density at radius 2 is 1.86 bits per heavy atom. The molecule has 0 spiro atoms. The van der Waals surface area contributed by atoms with Gasteiger partial charge in [-0.2, -0.15) is 0 Å². The van der Waals surface area contributed by atoms with Gasteiger partial charge in [0.2, 0.25) is 0 Å². The highest BCUT2D eigenvalue weighted by molar-refractivity contribution is 6.03. The van der Waals surface area contributed by atoms with E-state index < -0.39 is 6.09 Å². The lowest BCUT2D eigenvalue weighted by Gasteiger charge is -2.16. The first kappa shape index (κ1) is 19.9. The number of methoxy groups -OCH3 is 1. The summed E-state index contributed by atoms with van der Waals surface area (Å²) in [5.74, 6) is 0.336. The molecule has 2 aromatic carbocycles. The molecule has 29 heavy (non-hydrogen) atoms. The highest BCUT2D eigenvalue weighted by Crippen LogP contribution is 2.22. The zero-order chi connectivity index (χ0) is 20.8. The molecule has 0 radical (unpaired) electrons. The topological polar surface area (TPSA) is 85.7 Å². The van der Waals surface area contributed by atoms with Crippen molar-refractivity contribution in [2.75, 3.05) is 31.0 Å². The highest BCUT2D eigenvalue weighted by atomic mass is 16.6. The van der Waals surface area contributed by atoms with Gasteiger partial charge in [-0.15, -0.1) is 0 Å². The summed E-state index contributed by atoms with van der Waals surface area (Å²) < 4.78 is 12.0. The second kappa shape index (κ2) is 8.92. The van der Waals surface area contributed by atoms with E-state index in [2.05, 4.69) is 10.3 Å². The van der Waals surface area contributed by atoms with Crippen molar-refractivity contribution in [3.63, 3.8) is 0 Å². The van der Waals surface area contributed by atoms with Crippen molar-refractivity contribution < 1.29 is 19.1 Å². The van der Waals surface area contributed by atoms with E-state index in [-0.39, 0.29) is 11.6 Å². The summed E-state index contributed by atoms with van der Waals surface area (Å²) >= 11 is 0. The minimum Gasteiger partial charge on any atom is -0.495 e. The number of anilines is 2. The van der Waals surface area contributed by atoms with Crippen LogP contribution in [0.1, 0.15) is 17.4 Å². The summed E-state index contributed by atoms with van der Waals surface area (Å²) in [6, 6.07) is 14.3. The Kier molecular flexibility index (Phi) is 6.13. The van der Waals surface area contributed by atoms with E-state index in [9.17, 15) is 9.59 Å². The van der Waals surface area contributed by atoms with Crippen molar-refractivity contribution >= 4 is 23.4 Å². The van der Waals surface area contributed by atoms with Gasteiger partial charge < -0.3 is 19.4 Å². The molecule has 1 heterocycles. The Morgan fingerprint density at radius 1 is 1.14 bits per heavy atom. The van der Waals surface area contributed by atoms with Crippen molar-refractivity contribution in [1.82, 2.24) is 9.55 Å². The van der Waals surface area contributed by atoms with Crippen LogP contribution in [0.25, 0.3) is 5.69 Å². The molecule has 0 aliphatic heterocycles. The molecule has 0 fully saturated rings. The maximum absolute atomic E-state index is 12.5. The molecule has 3 aromatic rings. The molecule has 0 aliphatic rings. The third-order valence-corrected chi connectivity index (χ3v) is 4.23. The number of nitrogens with one attached hydrogen (secondary N) is 1. The SMILES string of the molecule is CCOC(=O)N(C)c1ccc(NC(=O)c2cn(-c3ccccc3OC)cn2)cc1. The number of benzene rings is 2. The van der Waals surface area contributed by atoms with E-state index in [1.807, 2.05) is 24.3 Å². The Balaban J connectivity index is 1.70. The maximum atomic E-state index is 12.5. The quantitative estimate of drug-likeness (QED) is 0.689. The smallest absolute Gasteiger partial charge is 0.413 e. The monoisotopic (exact) mass is 394 g/mol. The fourth-order valence-electron chi connectivity index (χ4n) is 2.70. The van der Waals surface area contributed by atoms with Crippen LogP contribution in [0.3, 0.4) is 0 Å². The molecule has 1 aromatic heterocycles. The van der Waals surface area contributed by atoms with E-state index in [1.54, 1.807) is 62.4 Å². The molecular formula is C21H22N4O4. The lowest BCUT2D eigenvalue weighted by molar-refractivity contribution is 0.102. The molecular weight excluding hydrogens is 372 g/mol. The predicted molar refractivity (Wildman–Crippen MR) is 110 cm³/mol. The van der Waals surface area contributed by atoms with Gasteiger partial charge >= 0.3 is 6.09 Å². The molecule has 1 N–H and O–H groups in total. The van der Waals surface area contributed by atoms with Gasteiger partial charge in [0.1, 0.15) is 17.8 Å². The standard InChI is InChI=1S/C21H22N4O4/c1-4-29-21(27)24(2)16-11-9-15(10-12-16)23-20(26)17-13-25(14-22-17)18-7-5-6-8-19(18)28-3/h5-14H,4H2,1-3H3,(H,23,26). The van der Waals surface area contributed by atoms with Crippen LogP contribution >= 0.6 is 0 Å². The first-order valence-electron chi connectivity index (χ1n) is 9.02. The number of nitrogens with zero attached hydrogens (tertiary/aromatic N) is 3. The fourth-order valence-corrected chi connectivity index (χ4v) is 2.70. The van der Waals surface area contributed by atoms with E-state index in [0.717, 1.165) is 5.69 Å². The second-order valence-electron chi connectivity index (χ2n) is 6.10. The summed E-state index contributed by atoms with van der Waals surface area (Å²) in [4.78, 5) is 29.9. The van der Waals surface area contributed by atoms with Crippen molar-refractivity contribution in [2.24, 2.45) is 0 Å². The lowest BCUT2D eigenvalue weighted by atomic mass is 10.2. The third-order valence-electron chi connectivity index (χ3n) is 4.23. The summed E-state index contributed by atoms with van der Waals surface area (Å²) in [7, 11) is 3.21. The van der Waals surface area contributed by atoms with Gasteiger partial charge in [0.25, 0.3) is 5.91 Å². The number of para-hydroxylation sites is 2. The van der Waals surface area contributed by atoms with Crippen molar-refractivity contribution in [1.29, 1.82) is 0 Å². The van der Waals surface area contributed by atoms with Gasteiger partial charge in [-0.05, 0) is 43.3 Å². The Morgan fingerprint density at radius 3 is 2.55 bits per heavy atom. The molecule has 2 amide bonds. The van der Waals surface area contributed by atoms with Crippen LogP contribution < -0.4 is 15.0 Å². The largest absolute Gasteiger partial charge is 0.495 e. The number of ether oxygens (including phenoxy) is 2. The molecule has 0 saturated heterocycles. The Hall–Kier alpha value is -3.81. The molecule has 0 atom stereocenters. The van der Waals surface area contributed by atoms with Gasteiger partial charge in [0, 0.05) is 24.6 Å². The minimum atomic E-state index is -0.439. The van der Waals surface area contributed by atoms with Gasteiger partial charge in [0.05, 0.1) is 19.4 Å². The number of rotatable bonds is 6. The third kappa shape index (κ3) is 4.55. The number of aromatic nitrogens is 2. The van der Waals surface area contributed by atoms with E-state index in [0.29, 0.717) is 23.7 Å². The first-order valence-corrected chi connectivity index (χ1v) is 9.02. The van der Waals surface area contributed by atoms with Crippen molar-refractivity contribution in [3.8, 4) is 11.4 Å². The summed E-state index contributed by atoms with van der Waals surface area (Å²) in [6.07, 6.45) is 2.76. The number of hydrogen-bond donors (Lipinski definition) is 1. The van der Waals surface area contributed by atoms with E-state index in [4.69, 9.17) is 9.47 Å². The number of hydrogen-bond acceptors (Lipinski definition) is 5. The minimum absolute atomic E-state index is 0.267. The van der Waals surface area contributed by atoms with Crippen LogP contribution in [0.2, 0.25) is 0 Å². The first-order chi connectivity index (χ1) is 14.0. The van der Waals surface area contributed by atoms with Crippen LogP contribution in [0.5, 0.6) is 5.75 Å². The second-order valence-corrected chi connectivity index (χ2v) is 6.10. The average Bonchev–Trinajstić information content (AvgIpc) is 3.24. The number of carbonyl (C=O) groups excluding carboxylic acids is 2. The van der Waals surface area contributed by atoms with Gasteiger partial charge in [0.15, 0.2) is 0 Å². The van der Waals surface area contributed by atoms with Crippen molar-refractivity contribution in [2.45, 2.75) is 6.92 Å².